The molecule has 100 valence electrons. The van der Waals surface area contributed by atoms with E-state index in [0.29, 0.717) is 42.2 Å². The molecular weight excluding hydrogens is 248 g/mol. The van der Waals surface area contributed by atoms with Gasteiger partial charge in [0.05, 0.1) is 11.4 Å². The summed E-state index contributed by atoms with van der Waals surface area (Å²) in [7, 11) is 0. The summed E-state index contributed by atoms with van der Waals surface area (Å²) in [6.45, 7) is 0.819. The molecule has 1 saturated heterocycles. The highest BCUT2D eigenvalue weighted by Gasteiger charge is 2.25. The van der Waals surface area contributed by atoms with Crippen molar-refractivity contribution in [1.82, 2.24) is 0 Å². The van der Waals surface area contributed by atoms with Gasteiger partial charge in [-0.2, -0.15) is 0 Å². The second kappa shape index (κ2) is 4.79. The second-order valence-electron chi connectivity index (χ2n) is 4.49. The summed E-state index contributed by atoms with van der Waals surface area (Å²) < 4.78 is 10.6. The molecule has 0 unspecified atom stereocenters. The number of anilines is 2. The molecule has 0 radical (unpaired) electrons. The lowest BCUT2D eigenvalue weighted by molar-refractivity contribution is -0.119. The highest BCUT2D eigenvalue weighted by molar-refractivity contribution is 5.99. The van der Waals surface area contributed by atoms with E-state index in [4.69, 9.17) is 9.47 Å². The Balaban J connectivity index is 2.02. The fourth-order valence-electron chi connectivity index (χ4n) is 2.39. The SMILES string of the molecule is O=CNc1cc2c(cc1N1CCCCC1=O)OCO2. The van der Waals surface area contributed by atoms with Gasteiger partial charge in [0.2, 0.25) is 19.1 Å². The number of nitrogens with one attached hydrogen (secondary N) is 1. The molecule has 6 heteroatoms. The van der Waals surface area contributed by atoms with Crippen molar-refractivity contribution in [3.05, 3.63) is 12.1 Å². The van der Waals surface area contributed by atoms with Crippen LogP contribution in [0.4, 0.5) is 11.4 Å². The van der Waals surface area contributed by atoms with Gasteiger partial charge in [-0.15, -0.1) is 0 Å². The molecule has 19 heavy (non-hydrogen) atoms. The zero-order valence-electron chi connectivity index (χ0n) is 10.3. The zero-order chi connectivity index (χ0) is 13.2. The van der Waals surface area contributed by atoms with Crippen molar-refractivity contribution in [2.45, 2.75) is 19.3 Å². The predicted octanol–water partition coefficient (Wildman–Crippen LogP) is 1.50. The van der Waals surface area contributed by atoms with Crippen LogP contribution in [0.5, 0.6) is 11.5 Å². The Morgan fingerprint density at radius 2 is 2.00 bits per heavy atom. The number of piperidine rings is 1. The minimum absolute atomic E-state index is 0.0686. The standard InChI is InChI=1S/C13H14N2O4/c16-7-14-9-5-11-12(19-8-18-11)6-10(9)15-4-2-1-3-13(15)17/h5-7H,1-4,8H2,(H,14,16). The molecule has 1 fully saturated rings. The number of carbonyl (C=O) groups excluding carboxylic acids is 2. The van der Waals surface area contributed by atoms with Crippen LogP contribution in [0, 0.1) is 0 Å². The molecule has 2 aliphatic rings. The van der Waals surface area contributed by atoms with Crippen molar-refractivity contribution in [3.8, 4) is 11.5 Å². The smallest absolute Gasteiger partial charge is 0.231 e. The molecule has 1 N–H and O–H groups in total. The van der Waals surface area contributed by atoms with Crippen molar-refractivity contribution in [1.29, 1.82) is 0 Å². The van der Waals surface area contributed by atoms with E-state index in [1.807, 2.05) is 0 Å². The maximum absolute atomic E-state index is 12.0. The number of carbonyl (C=O) groups is 2. The predicted molar refractivity (Wildman–Crippen MR) is 68.5 cm³/mol. The molecule has 0 aliphatic carbocycles. The van der Waals surface area contributed by atoms with E-state index < -0.39 is 0 Å². The van der Waals surface area contributed by atoms with Gasteiger partial charge < -0.3 is 19.7 Å². The molecule has 0 saturated carbocycles. The van der Waals surface area contributed by atoms with E-state index in [9.17, 15) is 9.59 Å². The van der Waals surface area contributed by atoms with Crippen LogP contribution in [0.1, 0.15) is 19.3 Å². The van der Waals surface area contributed by atoms with Crippen molar-refractivity contribution in [2.75, 3.05) is 23.6 Å². The Morgan fingerprint density at radius 3 is 2.74 bits per heavy atom. The summed E-state index contributed by atoms with van der Waals surface area (Å²) >= 11 is 0. The quantitative estimate of drug-likeness (QED) is 0.838. The van der Waals surface area contributed by atoms with Gasteiger partial charge in [0.15, 0.2) is 11.5 Å². The molecule has 2 aliphatic heterocycles. The minimum Gasteiger partial charge on any atom is -0.454 e. The van der Waals surface area contributed by atoms with Crippen molar-refractivity contribution in [2.24, 2.45) is 0 Å². The second-order valence-corrected chi connectivity index (χ2v) is 4.49. The first kappa shape index (κ1) is 11.8. The van der Waals surface area contributed by atoms with Gasteiger partial charge >= 0.3 is 0 Å². The first-order chi connectivity index (χ1) is 9.29. The number of hydrogen-bond donors (Lipinski definition) is 1. The molecule has 1 aromatic rings. The summed E-state index contributed by atoms with van der Waals surface area (Å²) in [5, 5.41) is 2.61. The molecule has 0 spiro atoms. The molecule has 3 rings (SSSR count). The van der Waals surface area contributed by atoms with Crippen LogP contribution < -0.4 is 19.7 Å². The Hall–Kier alpha value is -2.24. The van der Waals surface area contributed by atoms with Crippen LogP contribution in [0.25, 0.3) is 0 Å². The first-order valence-corrected chi connectivity index (χ1v) is 6.24. The number of fused-ring (bicyclic) bond motifs is 1. The highest BCUT2D eigenvalue weighted by Crippen LogP contribution is 2.41. The van der Waals surface area contributed by atoms with Gasteiger partial charge in [-0.25, -0.2) is 0 Å². The maximum atomic E-state index is 12.0. The van der Waals surface area contributed by atoms with Crippen LogP contribution in [-0.2, 0) is 9.59 Å². The number of rotatable bonds is 3. The number of ether oxygens (including phenoxy) is 2. The third-order valence-electron chi connectivity index (χ3n) is 3.32. The van der Waals surface area contributed by atoms with Gasteiger partial charge in [0, 0.05) is 25.1 Å². The van der Waals surface area contributed by atoms with Crippen LogP contribution in [0.15, 0.2) is 12.1 Å². The average Bonchev–Trinajstić information content (AvgIpc) is 2.86. The summed E-state index contributed by atoms with van der Waals surface area (Å²) in [6, 6.07) is 3.44. The third-order valence-corrected chi connectivity index (χ3v) is 3.32. The Bertz CT molecular complexity index is 530. The van der Waals surface area contributed by atoms with E-state index in [1.165, 1.54) is 0 Å². The lowest BCUT2D eigenvalue weighted by Crippen LogP contribution is -2.35. The largest absolute Gasteiger partial charge is 0.454 e. The van der Waals surface area contributed by atoms with E-state index in [2.05, 4.69) is 5.32 Å². The van der Waals surface area contributed by atoms with Gasteiger partial charge in [-0.1, -0.05) is 0 Å². The van der Waals surface area contributed by atoms with Gasteiger partial charge in [0.25, 0.3) is 0 Å². The Kier molecular flexibility index (Phi) is 2.98. The van der Waals surface area contributed by atoms with Gasteiger partial charge in [-0.3, -0.25) is 9.59 Å². The minimum atomic E-state index is 0.0686. The normalized spacial score (nSPS) is 17.5. The van der Waals surface area contributed by atoms with Crippen molar-refractivity contribution >= 4 is 23.7 Å². The van der Waals surface area contributed by atoms with Crippen LogP contribution >= 0.6 is 0 Å². The molecule has 0 atom stereocenters. The number of hydrogen-bond acceptors (Lipinski definition) is 4. The average molecular weight is 262 g/mol. The molecule has 2 amide bonds. The summed E-state index contributed by atoms with van der Waals surface area (Å²) in [6.07, 6.45) is 3.00. The summed E-state index contributed by atoms with van der Waals surface area (Å²) in [5.41, 5.74) is 1.23. The lowest BCUT2D eigenvalue weighted by Gasteiger charge is -2.28. The molecule has 6 nitrogen and oxygen atoms in total. The van der Waals surface area contributed by atoms with Gasteiger partial charge in [-0.05, 0) is 12.8 Å². The lowest BCUT2D eigenvalue weighted by atomic mass is 10.1. The maximum Gasteiger partial charge on any atom is 0.231 e. The molecule has 1 aromatic carbocycles. The Labute approximate surface area is 110 Å². The van der Waals surface area contributed by atoms with Crippen LogP contribution in [-0.4, -0.2) is 25.7 Å². The molecular formula is C13H14N2O4. The number of benzene rings is 1. The van der Waals surface area contributed by atoms with Crippen molar-refractivity contribution < 1.29 is 19.1 Å². The zero-order valence-corrected chi connectivity index (χ0v) is 10.3. The topological polar surface area (TPSA) is 67.9 Å². The van der Waals surface area contributed by atoms with E-state index >= 15 is 0 Å². The monoisotopic (exact) mass is 262 g/mol. The van der Waals surface area contributed by atoms with E-state index in [-0.39, 0.29) is 12.7 Å². The van der Waals surface area contributed by atoms with Crippen LogP contribution in [0.2, 0.25) is 0 Å². The van der Waals surface area contributed by atoms with E-state index in [1.54, 1.807) is 17.0 Å². The Morgan fingerprint density at radius 1 is 1.21 bits per heavy atom. The molecule has 2 heterocycles. The highest BCUT2D eigenvalue weighted by atomic mass is 16.7. The molecule has 0 aromatic heterocycles. The molecule has 0 bridgehead atoms. The summed E-state index contributed by atoms with van der Waals surface area (Å²) in [4.78, 5) is 24.4. The first-order valence-electron chi connectivity index (χ1n) is 6.24. The fourth-order valence-corrected chi connectivity index (χ4v) is 2.39. The van der Waals surface area contributed by atoms with Crippen LogP contribution in [0.3, 0.4) is 0 Å². The van der Waals surface area contributed by atoms with Crippen molar-refractivity contribution in [3.63, 3.8) is 0 Å². The third kappa shape index (κ3) is 2.09. The number of amides is 2. The number of nitrogens with zero attached hydrogens (tertiary/aromatic N) is 1. The fraction of sp³-hybridized carbons (Fsp3) is 0.385. The summed E-state index contributed by atoms with van der Waals surface area (Å²) in [5.74, 6) is 1.25. The van der Waals surface area contributed by atoms with Gasteiger partial charge in [0.1, 0.15) is 0 Å². The van der Waals surface area contributed by atoms with E-state index in [0.717, 1.165) is 12.8 Å².